The molecule has 8 heteroatoms. The first-order valence-electron chi connectivity index (χ1n) is 10.3. The van der Waals surface area contributed by atoms with Gasteiger partial charge in [0.15, 0.2) is 0 Å². The lowest BCUT2D eigenvalue weighted by Gasteiger charge is -2.34. The number of rotatable bonds is 5. The fourth-order valence-corrected chi connectivity index (χ4v) is 4.28. The van der Waals surface area contributed by atoms with Gasteiger partial charge in [-0.15, -0.1) is 0 Å². The number of nitrogens with one attached hydrogen (secondary N) is 2. The molecule has 0 radical (unpaired) electrons. The second kappa shape index (κ2) is 8.61. The Morgan fingerprint density at radius 3 is 2.09 bits per heavy atom. The minimum Gasteiger partial charge on any atom is -0.423 e. The van der Waals surface area contributed by atoms with E-state index in [1.165, 1.54) is 24.3 Å². The monoisotopic (exact) mass is 458 g/mol. The maximum atomic E-state index is 13.4. The summed E-state index contributed by atoms with van der Waals surface area (Å²) in [5.41, 5.74) is 1.11. The van der Waals surface area contributed by atoms with Crippen molar-refractivity contribution in [2.45, 2.75) is 37.0 Å². The molecule has 1 fully saturated rings. The molecule has 0 aromatic heterocycles. The van der Waals surface area contributed by atoms with E-state index in [0.29, 0.717) is 5.56 Å². The molecule has 3 aromatic rings. The van der Waals surface area contributed by atoms with E-state index in [-0.39, 0.29) is 6.42 Å². The third-order valence-corrected chi connectivity index (χ3v) is 5.79. The number of esters is 1. The van der Waals surface area contributed by atoms with Gasteiger partial charge in [-0.3, -0.25) is 10.6 Å². The van der Waals surface area contributed by atoms with Gasteiger partial charge in [-0.05, 0) is 35.7 Å². The Bertz CT molecular complexity index is 1110. The van der Waals surface area contributed by atoms with E-state index in [0.717, 1.165) is 11.1 Å². The molecule has 2 N–H and O–H groups in total. The Morgan fingerprint density at radius 1 is 0.939 bits per heavy atom. The Balaban J connectivity index is 1.81. The van der Waals surface area contributed by atoms with Gasteiger partial charge in [-0.2, -0.15) is 13.2 Å². The molecule has 1 heterocycles. The highest BCUT2D eigenvalue weighted by Gasteiger charge is 2.57. The van der Waals surface area contributed by atoms with Gasteiger partial charge in [0.1, 0.15) is 5.82 Å². The Morgan fingerprint density at radius 2 is 1.52 bits per heavy atom. The zero-order valence-electron chi connectivity index (χ0n) is 17.7. The Kier molecular flexibility index (Phi) is 5.99. The van der Waals surface area contributed by atoms with Crippen molar-refractivity contribution in [3.8, 4) is 0 Å². The summed E-state index contributed by atoms with van der Waals surface area (Å²) < 4.78 is 58.2. The van der Waals surface area contributed by atoms with Crippen molar-refractivity contribution in [2.24, 2.45) is 0 Å². The number of alkyl halides is 3. The largest absolute Gasteiger partial charge is 0.491 e. The van der Waals surface area contributed by atoms with Gasteiger partial charge in [0.05, 0.1) is 11.6 Å². The Labute approximate surface area is 188 Å². The summed E-state index contributed by atoms with van der Waals surface area (Å²) in [6.45, 7) is 1.83. The van der Waals surface area contributed by atoms with Crippen LogP contribution in [-0.2, 0) is 21.5 Å². The highest BCUT2D eigenvalue weighted by molar-refractivity contribution is 5.76. The van der Waals surface area contributed by atoms with E-state index in [9.17, 15) is 22.4 Å². The molecule has 3 unspecified atom stereocenters. The predicted octanol–water partition coefficient (Wildman–Crippen LogP) is 4.98. The van der Waals surface area contributed by atoms with Crippen molar-refractivity contribution < 1.29 is 27.1 Å². The van der Waals surface area contributed by atoms with Crippen LogP contribution in [0.5, 0.6) is 0 Å². The summed E-state index contributed by atoms with van der Waals surface area (Å²) in [7, 11) is 0. The SMILES string of the molecule is CC1(c2ccccc2)NC(Cc2ccc(F)cc2)(OC(=O)C(F)(F)F)NC1c1ccccc1. The van der Waals surface area contributed by atoms with Crippen molar-refractivity contribution in [3.05, 3.63) is 107 Å². The van der Waals surface area contributed by atoms with E-state index in [1.807, 2.05) is 67.6 Å². The van der Waals surface area contributed by atoms with Gasteiger partial charge in [-0.25, -0.2) is 9.18 Å². The van der Waals surface area contributed by atoms with Crippen LogP contribution < -0.4 is 10.6 Å². The van der Waals surface area contributed by atoms with Crippen molar-refractivity contribution in [3.63, 3.8) is 0 Å². The molecule has 0 amide bonds. The molecule has 33 heavy (non-hydrogen) atoms. The van der Waals surface area contributed by atoms with E-state index >= 15 is 0 Å². The summed E-state index contributed by atoms with van der Waals surface area (Å²) in [5, 5.41) is 6.29. The van der Waals surface area contributed by atoms with Gasteiger partial charge in [0, 0.05) is 6.42 Å². The van der Waals surface area contributed by atoms with Crippen molar-refractivity contribution in [1.82, 2.24) is 10.6 Å². The first-order valence-corrected chi connectivity index (χ1v) is 10.3. The molecule has 1 aliphatic rings. The van der Waals surface area contributed by atoms with Crippen LogP contribution in [-0.4, -0.2) is 18.0 Å². The standard InChI is InChI=1S/C25H22F4N2O2/c1-23(19-10-6-3-7-11-19)21(18-8-4-2-5-9-18)30-24(31-23,33-22(32)25(27,28)29)16-17-12-14-20(26)15-13-17/h2-15,21,30-31H,16H2,1H3. The van der Waals surface area contributed by atoms with Crippen LogP contribution in [0, 0.1) is 5.82 Å². The van der Waals surface area contributed by atoms with Crippen LogP contribution in [0.2, 0.25) is 0 Å². The molecule has 1 saturated heterocycles. The summed E-state index contributed by atoms with van der Waals surface area (Å²) >= 11 is 0. The number of carbonyl (C=O) groups is 1. The van der Waals surface area contributed by atoms with Gasteiger partial charge < -0.3 is 4.74 Å². The molecule has 0 bridgehead atoms. The van der Waals surface area contributed by atoms with Crippen LogP contribution in [0.4, 0.5) is 17.6 Å². The van der Waals surface area contributed by atoms with Crippen LogP contribution in [0.25, 0.3) is 0 Å². The molecule has 172 valence electrons. The average Bonchev–Trinajstić information content (AvgIpc) is 3.09. The van der Waals surface area contributed by atoms with Crippen LogP contribution in [0.3, 0.4) is 0 Å². The van der Waals surface area contributed by atoms with Crippen molar-refractivity contribution in [2.75, 3.05) is 0 Å². The summed E-state index contributed by atoms with van der Waals surface area (Å²) in [6.07, 6.45) is -5.35. The van der Waals surface area contributed by atoms with E-state index in [1.54, 1.807) is 0 Å². The molecule has 0 saturated carbocycles. The fraction of sp³-hybridized carbons (Fsp3) is 0.240. The summed E-state index contributed by atoms with van der Waals surface area (Å²) in [6, 6.07) is 23.1. The molecule has 4 nitrogen and oxygen atoms in total. The lowest BCUT2D eigenvalue weighted by molar-refractivity contribution is -0.219. The van der Waals surface area contributed by atoms with Gasteiger partial charge in [0.25, 0.3) is 0 Å². The lowest BCUT2D eigenvalue weighted by atomic mass is 9.82. The first-order chi connectivity index (χ1) is 15.6. The highest BCUT2D eigenvalue weighted by atomic mass is 19.4. The lowest BCUT2D eigenvalue weighted by Crippen LogP contribution is -2.58. The minimum atomic E-state index is -5.19. The molecular weight excluding hydrogens is 436 g/mol. The van der Waals surface area contributed by atoms with Crippen LogP contribution in [0.15, 0.2) is 84.9 Å². The quantitative estimate of drug-likeness (QED) is 0.419. The number of ether oxygens (including phenoxy) is 1. The number of hydrogen-bond acceptors (Lipinski definition) is 4. The molecule has 0 aliphatic carbocycles. The van der Waals surface area contributed by atoms with E-state index in [4.69, 9.17) is 4.74 Å². The minimum absolute atomic E-state index is 0.166. The molecule has 4 rings (SSSR count). The molecule has 0 spiro atoms. The van der Waals surface area contributed by atoms with Gasteiger partial charge >= 0.3 is 12.1 Å². The molecule has 1 aliphatic heterocycles. The fourth-order valence-electron chi connectivity index (χ4n) is 4.28. The van der Waals surface area contributed by atoms with Gasteiger partial charge in [-0.1, -0.05) is 72.8 Å². The molecule has 3 atom stereocenters. The normalized spacial score (nSPS) is 25.1. The maximum absolute atomic E-state index is 13.4. The third kappa shape index (κ3) is 4.77. The third-order valence-electron chi connectivity index (χ3n) is 5.79. The molecule has 3 aromatic carbocycles. The van der Waals surface area contributed by atoms with Gasteiger partial charge in [0.2, 0.25) is 5.85 Å². The van der Waals surface area contributed by atoms with Crippen molar-refractivity contribution >= 4 is 5.97 Å². The Hall–Kier alpha value is -3.23. The zero-order chi connectivity index (χ0) is 23.7. The van der Waals surface area contributed by atoms with E-state index < -0.39 is 35.4 Å². The van der Waals surface area contributed by atoms with Crippen LogP contribution in [0.1, 0.15) is 29.7 Å². The number of carbonyl (C=O) groups excluding carboxylic acids is 1. The topological polar surface area (TPSA) is 50.4 Å². The van der Waals surface area contributed by atoms with Crippen molar-refractivity contribution in [1.29, 1.82) is 0 Å². The molecular formula is C25H22F4N2O2. The smallest absolute Gasteiger partial charge is 0.423 e. The number of benzene rings is 3. The zero-order valence-corrected chi connectivity index (χ0v) is 17.7. The summed E-state index contributed by atoms with van der Waals surface area (Å²) in [5.74, 6) is -4.72. The second-order valence-corrected chi connectivity index (χ2v) is 8.20. The number of halogens is 4. The maximum Gasteiger partial charge on any atom is 0.491 e. The predicted molar refractivity (Wildman–Crippen MR) is 114 cm³/mol. The summed E-state index contributed by atoms with van der Waals surface area (Å²) in [4.78, 5) is 12.0. The average molecular weight is 458 g/mol. The number of hydrogen-bond donors (Lipinski definition) is 2. The first kappa shape index (κ1) is 22.9. The second-order valence-electron chi connectivity index (χ2n) is 8.20. The highest BCUT2D eigenvalue weighted by Crippen LogP contribution is 2.44. The van der Waals surface area contributed by atoms with Crippen LogP contribution >= 0.6 is 0 Å². The van der Waals surface area contributed by atoms with E-state index in [2.05, 4.69) is 10.6 Å².